The Hall–Kier alpha value is -3.98. The Balaban J connectivity index is 1.24. The Morgan fingerprint density at radius 3 is 2.19 bits per heavy atom. The number of halogens is 2. The molecule has 188 valence electrons. The summed E-state index contributed by atoms with van der Waals surface area (Å²) in [6.45, 7) is 2.40. The van der Waals surface area contributed by atoms with Gasteiger partial charge in [0, 0.05) is 37.4 Å². The van der Waals surface area contributed by atoms with E-state index in [1.165, 1.54) is 36.4 Å². The van der Waals surface area contributed by atoms with Crippen LogP contribution in [0.1, 0.15) is 21.5 Å². The molecule has 9 heteroatoms. The van der Waals surface area contributed by atoms with E-state index in [0.29, 0.717) is 42.9 Å². The Morgan fingerprint density at radius 1 is 0.865 bits per heavy atom. The fourth-order valence-electron chi connectivity index (χ4n) is 4.32. The van der Waals surface area contributed by atoms with Gasteiger partial charge in [-0.15, -0.1) is 0 Å². The van der Waals surface area contributed by atoms with Crippen LogP contribution in [0.15, 0.2) is 77.7 Å². The first kappa shape index (κ1) is 24.7. The number of benzene rings is 3. The van der Waals surface area contributed by atoms with Crippen LogP contribution in [0.25, 0.3) is 6.08 Å². The van der Waals surface area contributed by atoms with E-state index in [1.54, 1.807) is 47.4 Å². The highest BCUT2D eigenvalue weighted by molar-refractivity contribution is 8.18. The van der Waals surface area contributed by atoms with E-state index >= 15 is 0 Å². The quantitative estimate of drug-likeness (QED) is 0.436. The lowest BCUT2D eigenvalue weighted by molar-refractivity contribution is -0.123. The molecule has 2 fully saturated rings. The average Bonchev–Trinajstić information content (AvgIpc) is 3.17. The predicted molar refractivity (Wildman–Crippen MR) is 139 cm³/mol. The first-order valence-corrected chi connectivity index (χ1v) is 12.6. The zero-order valence-electron chi connectivity index (χ0n) is 19.8. The lowest BCUT2D eigenvalue weighted by Gasteiger charge is -2.36. The van der Waals surface area contributed by atoms with Crippen LogP contribution in [-0.2, 0) is 11.3 Å². The van der Waals surface area contributed by atoms with Gasteiger partial charge in [0.05, 0.1) is 11.4 Å². The third-order valence-corrected chi connectivity index (χ3v) is 7.22. The van der Waals surface area contributed by atoms with Crippen LogP contribution in [0, 0.1) is 11.6 Å². The molecule has 0 atom stereocenters. The van der Waals surface area contributed by atoms with Crippen molar-refractivity contribution in [3.63, 3.8) is 0 Å². The Morgan fingerprint density at radius 2 is 1.51 bits per heavy atom. The third kappa shape index (κ3) is 5.56. The van der Waals surface area contributed by atoms with Crippen LogP contribution in [0.4, 0.5) is 19.3 Å². The Bertz CT molecular complexity index is 1370. The van der Waals surface area contributed by atoms with Gasteiger partial charge in [0.2, 0.25) is 0 Å². The van der Waals surface area contributed by atoms with Crippen molar-refractivity contribution in [3.8, 4) is 0 Å². The SMILES string of the molecule is O=C(c1cccc(/C=C2\SC(=O)N(Cc3ccc(F)cc3)C2=O)c1)N1CCN(c2ccc(F)cc2)CC1. The van der Waals surface area contributed by atoms with Gasteiger partial charge in [-0.05, 0) is 77.5 Å². The third-order valence-electron chi connectivity index (χ3n) is 6.32. The van der Waals surface area contributed by atoms with E-state index in [2.05, 4.69) is 4.90 Å². The van der Waals surface area contributed by atoms with Crippen molar-refractivity contribution < 1.29 is 23.2 Å². The molecule has 0 aromatic heterocycles. The lowest BCUT2D eigenvalue weighted by atomic mass is 10.1. The second-order valence-corrected chi connectivity index (χ2v) is 9.77. The van der Waals surface area contributed by atoms with Crippen LogP contribution >= 0.6 is 11.8 Å². The summed E-state index contributed by atoms with van der Waals surface area (Å²) < 4.78 is 26.4. The molecule has 3 aromatic rings. The van der Waals surface area contributed by atoms with Crippen LogP contribution < -0.4 is 4.90 Å². The summed E-state index contributed by atoms with van der Waals surface area (Å²) in [7, 11) is 0. The van der Waals surface area contributed by atoms with Crippen molar-refractivity contribution in [2.75, 3.05) is 31.1 Å². The van der Waals surface area contributed by atoms with E-state index in [0.717, 1.165) is 22.3 Å². The fourth-order valence-corrected chi connectivity index (χ4v) is 5.16. The van der Waals surface area contributed by atoms with E-state index in [9.17, 15) is 23.2 Å². The number of nitrogens with zero attached hydrogens (tertiary/aromatic N) is 3. The topological polar surface area (TPSA) is 60.9 Å². The number of carbonyl (C=O) groups is 3. The highest BCUT2D eigenvalue weighted by atomic mass is 32.2. The minimum atomic E-state index is -0.423. The van der Waals surface area contributed by atoms with Crippen molar-refractivity contribution >= 4 is 40.6 Å². The number of piperazine rings is 1. The van der Waals surface area contributed by atoms with Gasteiger partial charge in [-0.1, -0.05) is 24.3 Å². The van der Waals surface area contributed by atoms with E-state index in [4.69, 9.17) is 0 Å². The molecule has 3 amide bonds. The Kier molecular flexibility index (Phi) is 7.05. The van der Waals surface area contributed by atoms with Crippen molar-refractivity contribution in [2.24, 2.45) is 0 Å². The predicted octanol–water partition coefficient (Wildman–Crippen LogP) is 5.16. The zero-order chi connectivity index (χ0) is 25.9. The van der Waals surface area contributed by atoms with Gasteiger partial charge in [0.1, 0.15) is 11.6 Å². The second kappa shape index (κ2) is 10.6. The second-order valence-electron chi connectivity index (χ2n) is 8.78. The highest BCUT2D eigenvalue weighted by Crippen LogP contribution is 2.33. The van der Waals surface area contributed by atoms with Crippen molar-refractivity contribution in [1.82, 2.24) is 9.80 Å². The molecule has 0 radical (unpaired) electrons. The molecule has 3 aromatic carbocycles. The van der Waals surface area contributed by atoms with Gasteiger partial charge in [0.15, 0.2) is 0 Å². The van der Waals surface area contributed by atoms with E-state index < -0.39 is 11.1 Å². The number of imide groups is 1. The van der Waals surface area contributed by atoms with Gasteiger partial charge < -0.3 is 9.80 Å². The minimum absolute atomic E-state index is 0.0602. The molecule has 0 aliphatic carbocycles. The molecule has 2 aliphatic heterocycles. The molecule has 0 N–H and O–H groups in total. The lowest BCUT2D eigenvalue weighted by Crippen LogP contribution is -2.48. The number of amides is 3. The normalized spacial score (nSPS) is 17.1. The van der Waals surface area contributed by atoms with Crippen molar-refractivity contribution in [3.05, 3.63) is 106 Å². The van der Waals surface area contributed by atoms with Crippen LogP contribution in [0.2, 0.25) is 0 Å². The maximum atomic E-state index is 13.2. The molecule has 6 nitrogen and oxygen atoms in total. The standard InChI is InChI=1S/C28H23F2N3O3S/c29-22-6-4-19(5-7-22)18-33-27(35)25(37-28(33)36)17-20-2-1-3-21(16-20)26(34)32-14-12-31(13-15-32)24-10-8-23(30)9-11-24/h1-11,16-17H,12-15,18H2/b25-17-. The molecule has 37 heavy (non-hydrogen) atoms. The molecular formula is C28H23F2N3O3S. The van der Waals surface area contributed by atoms with Gasteiger partial charge >= 0.3 is 0 Å². The van der Waals surface area contributed by atoms with Crippen molar-refractivity contribution in [1.29, 1.82) is 0 Å². The molecular weight excluding hydrogens is 496 g/mol. The molecule has 2 saturated heterocycles. The molecule has 0 bridgehead atoms. The monoisotopic (exact) mass is 519 g/mol. The maximum absolute atomic E-state index is 13.2. The molecule has 0 spiro atoms. The maximum Gasteiger partial charge on any atom is 0.293 e. The number of hydrogen-bond donors (Lipinski definition) is 0. The summed E-state index contributed by atoms with van der Waals surface area (Å²) in [4.78, 5) is 43.7. The molecule has 0 unspecified atom stereocenters. The highest BCUT2D eigenvalue weighted by Gasteiger charge is 2.35. The van der Waals surface area contributed by atoms with Crippen LogP contribution in [-0.4, -0.2) is 53.0 Å². The number of rotatable bonds is 5. The zero-order valence-corrected chi connectivity index (χ0v) is 20.6. The smallest absolute Gasteiger partial charge is 0.293 e. The largest absolute Gasteiger partial charge is 0.368 e. The summed E-state index contributed by atoms with van der Waals surface area (Å²) in [5, 5.41) is -0.396. The summed E-state index contributed by atoms with van der Waals surface area (Å²) in [6, 6.07) is 18.9. The number of hydrogen-bond acceptors (Lipinski definition) is 5. The first-order chi connectivity index (χ1) is 17.9. The average molecular weight is 520 g/mol. The van der Waals surface area contributed by atoms with Gasteiger partial charge in [-0.3, -0.25) is 19.3 Å². The van der Waals surface area contributed by atoms with Gasteiger partial charge in [0.25, 0.3) is 17.1 Å². The molecule has 5 rings (SSSR count). The van der Waals surface area contributed by atoms with Crippen LogP contribution in [0.5, 0.6) is 0 Å². The fraction of sp³-hybridized carbons (Fsp3) is 0.179. The van der Waals surface area contributed by atoms with E-state index in [1.807, 2.05) is 0 Å². The number of thioether (sulfide) groups is 1. The summed E-state index contributed by atoms with van der Waals surface area (Å²) in [6.07, 6.45) is 1.61. The molecule has 2 aliphatic rings. The summed E-state index contributed by atoms with van der Waals surface area (Å²) in [5.74, 6) is -1.21. The summed E-state index contributed by atoms with van der Waals surface area (Å²) in [5.41, 5.74) is 2.71. The van der Waals surface area contributed by atoms with Gasteiger partial charge in [-0.25, -0.2) is 8.78 Å². The Labute approximate surface area is 217 Å². The number of anilines is 1. The molecule has 2 heterocycles. The van der Waals surface area contributed by atoms with E-state index in [-0.39, 0.29) is 29.0 Å². The molecule has 0 saturated carbocycles. The van der Waals surface area contributed by atoms with Crippen molar-refractivity contribution in [2.45, 2.75) is 6.54 Å². The van der Waals surface area contributed by atoms with Crippen LogP contribution in [0.3, 0.4) is 0 Å². The summed E-state index contributed by atoms with van der Waals surface area (Å²) >= 11 is 0.840. The number of carbonyl (C=O) groups excluding carboxylic acids is 3. The first-order valence-electron chi connectivity index (χ1n) is 11.8. The van der Waals surface area contributed by atoms with Gasteiger partial charge in [-0.2, -0.15) is 0 Å². The minimum Gasteiger partial charge on any atom is -0.368 e.